The fourth-order valence-electron chi connectivity index (χ4n) is 2.16. The van der Waals surface area contributed by atoms with Gasteiger partial charge >= 0.3 is 0 Å². The Hall–Kier alpha value is -0.960. The number of unbranched alkanes of at least 4 members (excludes halogenated alkanes) is 4. The Kier molecular flexibility index (Phi) is 4.49. The average molecular weight is 248 g/mol. The molecule has 2 nitrogen and oxygen atoms in total. The van der Waals surface area contributed by atoms with E-state index in [1.54, 1.807) is 0 Å². The summed E-state index contributed by atoms with van der Waals surface area (Å²) in [6, 6.07) is 8.25. The number of rotatable bonds is 6. The molecule has 3 heteroatoms. The third-order valence-corrected chi connectivity index (χ3v) is 3.46. The molecule has 1 aromatic carbocycles. The predicted molar refractivity (Wildman–Crippen MR) is 75.7 cm³/mol. The van der Waals surface area contributed by atoms with Gasteiger partial charge in [0.15, 0.2) is 5.16 Å². The first-order chi connectivity index (χ1) is 8.33. The largest absolute Gasteiger partial charge is 0.319 e. The minimum atomic E-state index is 0.835. The van der Waals surface area contributed by atoms with Gasteiger partial charge in [0.2, 0.25) is 0 Å². The lowest BCUT2D eigenvalue weighted by Crippen LogP contribution is -1.98. The molecule has 0 saturated heterocycles. The molecule has 0 atom stereocenters. The molecule has 0 aliphatic carbocycles. The number of aryl methyl sites for hydroxylation is 1. The molecular weight excluding hydrogens is 228 g/mol. The number of aromatic nitrogens is 2. The van der Waals surface area contributed by atoms with E-state index in [1.165, 1.54) is 37.6 Å². The van der Waals surface area contributed by atoms with E-state index >= 15 is 0 Å². The number of nitrogens with zero attached hydrogens (tertiary/aromatic N) is 2. The molecule has 0 radical (unpaired) electrons. The highest BCUT2D eigenvalue weighted by Crippen LogP contribution is 2.19. The van der Waals surface area contributed by atoms with Crippen LogP contribution in [0.1, 0.15) is 39.0 Å². The monoisotopic (exact) mass is 248 g/mol. The normalized spacial score (nSPS) is 11.2. The molecule has 0 unspecified atom stereocenters. The highest BCUT2D eigenvalue weighted by atomic mass is 32.1. The van der Waals surface area contributed by atoms with Crippen molar-refractivity contribution in [2.45, 2.75) is 50.7 Å². The summed E-state index contributed by atoms with van der Waals surface area (Å²) in [7, 11) is 0. The Morgan fingerprint density at radius 3 is 2.71 bits per heavy atom. The van der Waals surface area contributed by atoms with Crippen molar-refractivity contribution in [3.63, 3.8) is 0 Å². The van der Waals surface area contributed by atoms with E-state index in [9.17, 15) is 0 Å². The second-order valence-electron chi connectivity index (χ2n) is 4.47. The van der Waals surface area contributed by atoms with Crippen molar-refractivity contribution in [3.05, 3.63) is 24.3 Å². The van der Waals surface area contributed by atoms with E-state index in [-0.39, 0.29) is 0 Å². The van der Waals surface area contributed by atoms with E-state index in [0.717, 1.165) is 17.2 Å². The topological polar surface area (TPSA) is 17.8 Å². The van der Waals surface area contributed by atoms with Gasteiger partial charge in [-0.15, -0.1) is 12.6 Å². The highest BCUT2D eigenvalue weighted by Gasteiger charge is 2.06. The summed E-state index contributed by atoms with van der Waals surface area (Å²) >= 11 is 4.45. The number of benzene rings is 1. The molecule has 0 spiro atoms. The van der Waals surface area contributed by atoms with Gasteiger partial charge in [-0.25, -0.2) is 4.98 Å². The van der Waals surface area contributed by atoms with Crippen molar-refractivity contribution in [1.29, 1.82) is 0 Å². The van der Waals surface area contributed by atoms with E-state index in [1.807, 2.05) is 12.1 Å². The van der Waals surface area contributed by atoms with Gasteiger partial charge < -0.3 is 4.57 Å². The second kappa shape index (κ2) is 6.10. The first kappa shape index (κ1) is 12.5. The molecule has 1 heterocycles. The Labute approximate surface area is 108 Å². The molecule has 0 fully saturated rings. The van der Waals surface area contributed by atoms with Crippen LogP contribution in [0.2, 0.25) is 0 Å². The van der Waals surface area contributed by atoms with E-state index in [4.69, 9.17) is 0 Å². The van der Waals surface area contributed by atoms with Crippen molar-refractivity contribution < 1.29 is 0 Å². The van der Waals surface area contributed by atoms with Gasteiger partial charge in [0.1, 0.15) is 0 Å². The molecule has 2 aromatic rings. The van der Waals surface area contributed by atoms with Gasteiger partial charge in [0.25, 0.3) is 0 Å². The third-order valence-electron chi connectivity index (χ3n) is 3.12. The molecule has 0 saturated carbocycles. The van der Waals surface area contributed by atoms with Crippen molar-refractivity contribution in [2.75, 3.05) is 0 Å². The molecule has 1 aromatic heterocycles. The highest BCUT2D eigenvalue weighted by molar-refractivity contribution is 7.80. The maximum atomic E-state index is 4.46. The van der Waals surface area contributed by atoms with Crippen molar-refractivity contribution >= 4 is 23.7 Å². The fraction of sp³-hybridized carbons (Fsp3) is 0.500. The minimum absolute atomic E-state index is 0.835. The lowest BCUT2D eigenvalue weighted by molar-refractivity contribution is 0.553. The van der Waals surface area contributed by atoms with Crippen molar-refractivity contribution in [3.8, 4) is 0 Å². The Balaban J connectivity index is 2.00. The van der Waals surface area contributed by atoms with Gasteiger partial charge in [0, 0.05) is 6.54 Å². The van der Waals surface area contributed by atoms with Crippen LogP contribution >= 0.6 is 12.6 Å². The lowest BCUT2D eigenvalue weighted by atomic mass is 10.1. The van der Waals surface area contributed by atoms with Gasteiger partial charge in [-0.1, -0.05) is 44.7 Å². The summed E-state index contributed by atoms with van der Waals surface area (Å²) in [6.45, 7) is 3.28. The number of thiol groups is 1. The second-order valence-corrected chi connectivity index (χ2v) is 4.87. The van der Waals surface area contributed by atoms with Crippen LogP contribution < -0.4 is 0 Å². The molecule has 92 valence electrons. The quantitative estimate of drug-likeness (QED) is 0.596. The van der Waals surface area contributed by atoms with Crippen molar-refractivity contribution in [2.24, 2.45) is 0 Å². The van der Waals surface area contributed by atoms with E-state index in [0.29, 0.717) is 0 Å². The zero-order valence-electron chi connectivity index (χ0n) is 10.4. The minimum Gasteiger partial charge on any atom is -0.319 e. The number of imidazole rings is 1. The smallest absolute Gasteiger partial charge is 0.165 e. The molecule has 0 N–H and O–H groups in total. The van der Waals surface area contributed by atoms with Crippen LogP contribution in [0.4, 0.5) is 0 Å². The molecule has 0 amide bonds. The number of fused-ring (bicyclic) bond motifs is 1. The third kappa shape index (κ3) is 3.03. The van der Waals surface area contributed by atoms with E-state index in [2.05, 4.69) is 41.2 Å². The summed E-state index contributed by atoms with van der Waals surface area (Å²) in [4.78, 5) is 4.46. The van der Waals surface area contributed by atoms with E-state index < -0.39 is 0 Å². The van der Waals surface area contributed by atoms with Crippen LogP contribution in [0.15, 0.2) is 29.4 Å². The average Bonchev–Trinajstić information content (AvgIpc) is 2.65. The molecule has 0 aliphatic rings. The van der Waals surface area contributed by atoms with Crippen LogP contribution in [-0.4, -0.2) is 9.55 Å². The number of hydrogen-bond acceptors (Lipinski definition) is 2. The van der Waals surface area contributed by atoms with Crippen molar-refractivity contribution in [1.82, 2.24) is 9.55 Å². The predicted octanol–water partition coefficient (Wildman–Crippen LogP) is 4.30. The number of para-hydroxylation sites is 2. The van der Waals surface area contributed by atoms with Gasteiger partial charge in [-0.05, 0) is 18.6 Å². The zero-order chi connectivity index (χ0) is 12.1. The summed E-state index contributed by atoms with van der Waals surface area (Å²) in [5.74, 6) is 0. The summed E-state index contributed by atoms with van der Waals surface area (Å²) in [6.07, 6.45) is 6.50. The summed E-state index contributed by atoms with van der Waals surface area (Å²) in [5, 5.41) is 0.835. The first-order valence-electron chi connectivity index (χ1n) is 6.47. The fourth-order valence-corrected chi connectivity index (χ4v) is 2.47. The molecular formula is C14H20N2S. The first-order valence-corrected chi connectivity index (χ1v) is 6.92. The summed E-state index contributed by atoms with van der Waals surface area (Å²) in [5.41, 5.74) is 2.25. The zero-order valence-corrected chi connectivity index (χ0v) is 11.3. The standard InChI is InChI=1S/C14H20N2S/c1-2-3-4-5-8-11-16-13-10-7-6-9-12(13)15-14(16)17/h6-7,9-10H,2-5,8,11H2,1H3,(H,15,17). The van der Waals surface area contributed by atoms with Crippen LogP contribution in [0.5, 0.6) is 0 Å². The van der Waals surface area contributed by atoms with Crippen LogP contribution in [0, 0.1) is 0 Å². The molecule has 17 heavy (non-hydrogen) atoms. The molecule has 0 bridgehead atoms. The maximum Gasteiger partial charge on any atom is 0.165 e. The lowest BCUT2D eigenvalue weighted by Gasteiger charge is -2.05. The van der Waals surface area contributed by atoms with Gasteiger partial charge in [-0.2, -0.15) is 0 Å². The molecule has 0 aliphatic heterocycles. The van der Waals surface area contributed by atoms with Crippen LogP contribution in [-0.2, 0) is 6.54 Å². The van der Waals surface area contributed by atoms with Gasteiger partial charge in [-0.3, -0.25) is 0 Å². The van der Waals surface area contributed by atoms with Gasteiger partial charge in [0.05, 0.1) is 11.0 Å². The Morgan fingerprint density at radius 2 is 1.88 bits per heavy atom. The Bertz CT molecular complexity index is 476. The summed E-state index contributed by atoms with van der Waals surface area (Å²) < 4.78 is 2.21. The van der Waals surface area contributed by atoms with Crippen LogP contribution in [0.3, 0.4) is 0 Å². The van der Waals surface area contributed by atoms with Crippen LogP contribution in [0.25, 0.3) is 11.0 Å². The SMILES string of the molecule is CCCCCCCn1c(S)nc2ccccc21. The Morgan fingerprint density at radius 1 is 1.12 bits per heavy atom. The molecule has 2 rings (SSSR count). The number of hydrogen-bond donors (Lipinski definition) is 1. The maximum absolute atomic E-state index is 4.46.